The molecule has 2 N–H and O–H groups in total. The minimum atomic E-state index is 0.648. The van der Waals surface area contributed by atoms with Gasteiger partial charge in [-0.1, -0.05) is 0 Å². The van der Waals surface area contributed by atoms with Crippen molar-refractivity contribution < 1.29 is 4.74 Å². The van der Waals surface area contributed by atoms with E-state index >= 15 is 0 Å². The molecular weight excluding hydrogens is 262 g/mol. The number of methoxy groups -OCH3 is 1. The van der Waals surface area contributed by atoms with Crippen LogP contribution in [-0.4, -0.2) is 62.3 Å². The Morgan fingerprint density at radius 2 is 2.26 bits per heavy atom. The second-order valence-electron chi connectivity index (χ2n) is 4.38. The van der Waals surface area contributed by atoms with Crippen LogP contribution >= 0.6 is 11.3 Å². The predicted octanol–water partition coefficient (Wildman–Crippen LogP) is 0.616. The molecule has 1 aromatic rings. The highest BCUT2D eigenvalue weighted by atomic mass is 32.1. The van der Waals surface area contributed by atoms with Gasteiger partial charge in [-0.15, -0.1) is 11.3 Å². The van der Waals surface area contributed by atoms with Gasteiger partial charge in [0.1, 0.15) is 0 Å². The molecule has 19 heavy (non-hydrogen) atoms. The number of guanidine groups is 1. The number of thiazole rings is 1. The number of rotatable bonds is 5. The van der Waals surface area contributed by atoms with Crippen LogP contribution in [0.4, 0.5) is 5.13 Å². The molecule has 1 aromatic heterocycles. The van der Waals surface area contributed by atoms with E-state index in [2.05, 4.69) is 19.8 Å². The molecular formula is C12H21N5OS. The number of aliphatic imine (C=N–C) groups is 1. The lowest BCUT2D eigenvalue weighted by molar-refractivity contribution is 0.197. The van der Waals surface area contributed by atoms with E-state index in [1.807, 2.05) is 11.6 Å². The van der Waals surface area contributed by atoms with Crippen LogP contribution in [0.2, 0.25) is 0 Å². The molecule has 0 unspecified atom stereocenters. The molecule has 0 radical (unpaired) electrons. The lowest BCUT2D eigenvalue weighted by Crippen LogP contribution is -2.51. The van der Waals surface area contributed by atoms with E-state index in [0.29, 0.717) is 5.96 Å². The van der Waals surface area contributed by atoms with Crippen LogP contribution in [0, 0.1) is 0 Å². The fourth-order valence-electron chi connectivity index (χ4n) is 2.00. The largest absolute Gasteiger partial charge is 0.385 e. The standard InChI is InChI=1S/C12H21N5OS/c1-18-9-2-3-14-11(13)16-5-7-17(8-6-16)12-15-4-10-19-12/h4,10H,2-3,5-9H2,1H3,(H2,13,14). The minimum Gasteiger partial charge on any atom is -0.385 e. The molecule has 0 amide bonds. The minimum absolute atomic E-state index is 0.648. The third-order valence-corrected chi connectivity index (χ3v) is 3.91. The summed E-state index contributed by atoms with van der Waals surface area (Å²) in [6.07, 6.45) is 2.76. The van der Waals surface area contributed by atoms with Gasteiger partial charge >= 0.3 is 0 Å². The van der Waals surface area contributed by atoms with Crippen molar-refractivity contribution in [3.05, 3.63) is 11.6 Å². The lowest BCUT2D eigenvalue weighted by Gasteiger charge is -2.35. The Hall–Kier alpha value is -1.34. The Kier molecular flexibility index (Phi) is 5.41. The smallest absolute Gasteiger partial charge is 0.191 e. The molecule has 1 saturated heterocycles. The zero-order valence-corrected chi connectivity index (χ0v) is 12.1. The van der Waals surface area contributed by atoms with E-state index in [-0.39, 0.29) is 0 Å². The van der Waals surface area contributed by atoms with Gasteiger partial charge in [-0.3, -0.25) is 4.99 Å². The van der Waals surface area contributed by atoms with Gasteiger partial charge in [0.15, 0.2) is 11.1 Å². The fourth-order valence-corrected chi connectivity index (χ4v) is 2.70. The molecule has 0 aromatic carbocycles. The number of ether oxygens (including phenoxy) is 1. The summed E-state index contributed by atoms with van der Waals surface area (Å²) in [6, 6.07) is 0. The number of aromatic nitrogens is 1. The highest BCUT2D eigenvalue weighted by Crippen LogP contribution is 2.18. The molecule has 2 rings (SSSR count). The van der Waals surface area contributed by atoms with Gasteiger partial charge < -0.3 is 20.3 Å². The Bertz CT molecular complexity index is 387. The molecule has 0 saturated carbocycles. The molecule has 0 aliphatic carbocycles. The van der Waals surface area contributed by atoms with Crippen molar-refractivity contribution >= 4 is 22.4 Å². The van der Waals surface area contributed by atoms with Gasteiger partial charge in [0, 0.05) is 58.0 Å². The average Bonchev–Trinajstić information content (AvgIpc) is 2.98. The summed E-state index contributed by atoms with van der Waals surface area (Å²) in [4.78, 5) is 13.1. The summed E-state index contributed by atoms with van der Waals surface area (Å²) in [5.41, 5.74) is 6.00. The van der Waals surface area contributed by atoms with E-state index in [9.17, 15) is 0 Å². The topological polar surface area (TPSA) is 67.0 Å². The van der Waals surface area contributed by atoms with Crippen molar-refractivity contribution in [1.29, 1.82) is 0 Å². The highest BCUT2D eigenvalue weighted by Gasteiger charge is 2.19. The van der Waals surface area contributed by atoms with Crippen molar-refractivity contribution in [2.75, 3.05) is 51.3 Å². The van der Waals surface area contributed by atoms with Crippen LogP contribution in [0.5, 0.6) is 0 Å². The van der Waals surface area contributed by atoms with Crippen LogP contribution in [-0.2, 0) is 4.74 Å². The maximum atomic E-state index is 6.00. The third kappa shape index (κ3) is 4.07. The molecule has 1 fully saturated rings. The quantitative estimate of drug-likeness (QED) is 0.487. The summed E-state index contributed by atoms with van der Waals surface area (Å²) in [7, 11) is 1.70. The van der Waals surface area contributed by atoms with E-state index in [1.54, 1.807) is 18.4 Å². The van der Waals surface area contributed by atoms with E-state index in [4.69, 9.17) is 10.5 Å². The summed E-state index contributed by atoms with van der Waals surface area (Å²) >= 11 is 1.68. The summed E-state index contributed by atoms with van der Waals surface area (Å²) in [6.45, 7) is 5.16. The molecule has 0 bridgehead atoms. The van der Waals surface area contributed by atoms with Gasteiger partial charge in [-0.05, 0) is 6.42 Å². The number of piperazine rings is 1. The third-order valence-electron chi connectivity index (χ3n) is 3.07. The van der Waals surface area contributed by atoms with Crippen molar-refractivity contribution in [3.8, 4) is 0 Å². The molecule has 2 heterocycles. The predicted molar refractivity (Wildman–Crippen MR) is 78.9 cm³/mol. The second-order valence-corrected chi connectivity index (χ2v) is 5.25. The fraction of sp³-hybridized carbons (Fsp3) is 0.667. The average molecular weight is 283 g/mol. The van der Waals surface area contributed by atoms with E-state index in [0.717, 1.165) is 50.9 Å². The first-order valence-electron chi connectivity index (χ1n) is 6.49. The van der Waals surface area contributed by atoms with Crippen molar-refractivity contribution in [2.24, 2.45) is 10.7 Å². The lowest BCUT2D eigenvalue weighted by atomic mass is 10.3. The van der Waals surface area contributed by atoms with Crippen LogP contribution < -0.4 is 10.6 Å². The first-order chi connectivity index (χ1) is 9.31. The van der Waals surface area contributed by atoms with Crippen LogP contribution in [0.1, 0.15) is 6.42 Å². The number of nitrogens with zero attached hydrogens (tertiary/aromatic N) is 4. The molecule has 6 nitrogen and oxygen atoms in total. The van der Waals surface area contributed by atoms with Crippen LogP contribution in [0.15, 0.2) is 16.6 Å². The number of anilines is 1. The van der Waals surface area contributed by atoms with Gasteiger partial charge in [-0.2, -0.15) is 0 Å². The first-order valence-corrected chi connectivity index (χ1v) is 7.37. The van der Waals surface area contributed by atoms with E-state index < -0.39 is 0 Å². The van der Waals surface area contributed by atoms with E-state index in [1.165, 1.54) is 0 Å². The number of nitrogens with two attached hydrogens (primary N) is 1. The molecule has 106 valence electrons. The SMILES string of the molecule is COCCCN=C(N)N1CCN(c2nccs2)CC1. The van der Waals surface area contributed by atoms with Crippen molar-refractivity contribution in [3.63, 3.8) is 0 Å². The van der Waals surface area contributed by atoms with Gasteiger partial charge in [-0.25, -0.2) is 4.98 Å². The molecule has 0 atom stereocenters. The maximum absolute atomic E-state index is 6.00. The zero-order chi connectivity index (χ0) is 13.5. The Labute approximate surface area is 117 Å². The molecule has 7 heteroatoms. The first kappa shape index (κ1) is 14.1. The zero-order valence-electron chi connectivity index (χ0n) is 11.3. The number of hydrogen-bond donors (Lipinski definition) is 1. The summed E-state index contributed by atoms with van der Waals surface area (Å²) in [5.74, 6) is 0.648. The normalized spacial score (nSPS) is 17.0. The van der Waals surface area contributed by atoms with Gasteiger partial charge in [0.25, 0.3) is 0 Å². The molecule has 0 spiro atoms. The van der Waals surface area contributed by atoms with Gasteiger partial charge in [0.2, 0.25) is 0 Å². The van der Waals surface area contributed by atoms with Gasteiger partial charge in [0.05, 0.1) is 0 Å². The summed E-state index contributed by atoms with van der Waals surface area (Å²) in [5, 5.41) is 3.10. The molecule has 1 aliphatic rings. The Morgan fingerprint density at radius 3 is 2.89 bits per heavy atom. The van der Waals surface area contributed by atoms with Crippen molar-refractivity contribution in [2.45, 2.75) is 6.42 Å². The highest BCUT2D eigenvalue weighted by molar-refractivity contribution is 7.13. The van der Waals surface area contributed by atoms with Crippen LogP contribution in [0.25, 0.3) is 0 Å². The Balaban J connectivity index is 1.76. The Morgan fingerprint density at radius 1 is 1.47 bits per heavy atom. The summed E-state index contributed by atoms with van der Waals surface area (Å²) < 4.78 is 4.99. The van der Waals surface area contributed by atoms with Crippen molar-refractivity contribution in [1.82, 2.24) is 9.88 Å². The van der Waals surface area contributed by atoms with Crippen LogP contribution in [0.3, 0.4) is 0 Å². The maximum Gasteiger partial charge on any atom is 0.191 e. The number of hydrogen-bond acceptors (Lipinski definition) is 5. The monoisotopic (exact) mass is 283 g/mol. The molecule has 1 aliphatic heterocycles. The second kappa shape index (κ2) is 7.30.